The molecule has 0 aliphatic rings. The third-order valence-electron chi connectivity index (χ3n) is 1.23. The Hall–Kier alpha value is -1.70. The monoisotopic (exact) mass is 155 g/mol. The summed E-state index contributed by atoms with van der Waals surface area (Å²) in [6.07, 6.45) is 0. The molecule has 0 heterocycles. The summed E-state index contributed by atoms with van der Waals surface area (Å²) < 4.78 is 0. The molecule has 12 heavy (non-hydrogen) atoms. The summed E-state index contributed by atoms with van der Waals surface area (Å²) in [6.45, 7) is 0.365. The summed E-state index contributed by atoms with van der Waals surface area (Å²) in [7, 11) is 0. The first kappa shape index (κ1) is 8.40. The van der Waals surface area contributed by atoms with Gasteiger partial charge >= 0.3 is 0 Å². The molecule has 0 amide bonds. The second-order valence-electron chi connectivity index (χ2n) is 2.12. The highest BCUT2D eigenvalue weighted by Gasteiger charge is 1.78. The van der Waals surface area contributed by atoms with E-state index in [1.54, 1.807) is 0 Å². The van der Waals surface area contributed by atoms with Gasteiger partial charge in [-0.25, -0.2) is 0 Å². The third kappa shape index (κ3) is 2.92. The Morgan fingerprint density at radius 3 is 2.50 bits per heavy atom. The zero-order chi connectivity index (χ0) is 8.65. The highest BCUT2D eigenvalue weighted by Crippen LogP contribution is 1.93. The molecular weight excluding hydrogens is 146 g/mol. The lowest BCUT2D eigenvalue weighted by molar-refractivity contribution is 1.30. The van der Waals surface area contributed by atoms with Gasteiger partial charge in [0.15, 0.2) is 0 Å². The lowest BCUT2D eigenvalue weighted by Gasteiger charge is -1.83. The van der Waals surface area contributed by atoms with Gasteiger partial charge < -0.3 is 5.73 Å². The van der Waals surface area contributed by atoms with Gasteiger partial charge in [-0.1, -0.05) is 30.0 Å². The highest BCUT2D eigenvalue weighted by molar-refractivity contribution is 5.39. The summed E-state index contributed by atoms with van der Waals surface area (Å²) in [5.74, 6) is 10.9. The third-order valence-corrected chi connectivity index (χ3v) is 1.23. The Bertz CT molecular complexity index is 343. The van der Waals surface area contributed by atoms with Crippen molar-refractivity contribution in [3.8, 4) is 23.7 Å². The van der Waals surface area contributed by atoms with Crippen molar-refractivity contribution >= 4 is 0 Å². The van der Waals surface area contributed by atoms with Gasteiger partial charge in [-0.2, -0.15) is 0 Å². The van der Waals surface area contributed by atoms with Crippen LogP contribution >= 0.6 is 0 Å². The predicted octanol–water partition coefficient (Wildman–Crippen LogP) is 1.00. The molecule has 1 rings (SSSR count). The fourth-order valence-electron chi connectivity index (χ4n) is 0.720. The van der Waals surface area contributed by atoms with Crippen molar-refractivity contribution in [2.45, 2.75) is 0 Å². The Labute approximate surface area is 72.6 Å². The molecule has 0 aliphatic carbocycles. The maximum atomic E-state index is 5.17. The Balaban J connectivity index is 2.67. The molecule has 1 nitrogen and oxygen atoms in total. The van der Waals surface area contributed by atoms with E-state index < -0.39 is 0 Å². The number of hydrogen-bond donors (Lipinski definition) is 1. The molecule has 0 radical (unpaired) electrons. The Kier molecular flexibility index (Phi) is 3.51. The lowest BCUT2D eigenvalue weighted by atomic mass is 10.2. The van der Waals surface area contributed by atoms with Crippen LogP contribution in [0.4, 0.5) is 0 Å². The van der Waals surface area contributed by atoms with E-state index >= 15 is 0 Å². The number of nitrogens with two attached hydrogens (primary N) is 1. The molecule has 0 atom stereocenters. The van der Waals surface area contributed by atoms with E-state index in [0.29, 0.717) is 6.54 Å². The molecule has 0 saturated carbocycles. The molecule has 0 aromatic heterocycles. The standard InChI is InChI=1S/C11H9N/c12-10-6-2-5-9-11-7-3-1-4-8-11/h1,3-4,7-8H,10,12H2. The van der Waals surface area contributed by atoms with Gasteiger partial charge in [0.2, 0.25) is 0 Å². The highest BCUT2D eigenvalue weighted by atomic mass is 14.5. The van der Waals surface area contributed by atoms with Gasteiger partial charge in [0.1, 0.15) is 0 Å². The first-order valence-electron chi connectivity index (χ1n) is 3.67. The van der Waals surface area contributed by atoms with Crippen molar-refractivity contribution in [2.75, 3.05) is 6.54 Å². The van der Waals surface area contributed by atoms with Gasteiger partial charge in [-0.3, -0.25) is 0 Å². The van der Waals surface area contributed by atoms with E-state index in [2.05, 4.69) is 23.7 Å². The minimum absolute atomic E-state index is 0.365. The summed E-state index contributed by atoms with van der Waals surface area (Å²) in [6, 6.07) is 9.73. The van der Waals surface area contributed by atoms with Crippen LogP contribution < -0.4 is 5.73 Å². The molecular formula is C11H9N. The van der Waals surface area contributed by atoms with E-state index in [-0.39, 0.29) is 0 Å². The average Bonchev–Trinajstić information content (AvgIpc) is 2.14. The van der Waals surface area contributed by atoms with Crippen molar-refractivity contribution < 1.29 is 0 Å². The largest absolute Gasteiger partial charge is 0.320 e. The van der Waals surface area contributed by atoms with Crippen LogP contribution in [0.3, 0.4) is 0 Å². The number of benzene rings is 1. The smallest absolute Gasteiger partial charge is 0.0561 e. The molecule has 1 aromatic carbocycles. The summed E-state index contributed by atoms with van der Waals surface area (Å²) in [5, 5.41) is 0. The van der Waals surface area contributed by atoms with Gasteiger partial charge in [-0.15, -0.1) is 0 Å². The predicted molar refractivity (Wildman–Crippen MR) is 50.2 cm³/mol. The van der Waals surface area contributed by atoms with Crippen LogP contribution in [0.2, 0.25) is 0 Å². The summed E-state index contributed by atoms with van der Waals surface area (Å²) in [5.41, 5.74) is 6.14. The van der Waals surface area contributed by atoms with E-state index in [1.165, 1.54) is 0 Å². The Morgan fingerprint density at radius 1 is 1.08 bits per heavy atom. The van der Waals surface area contributed by atoms with Crippen LogP contribution in [-0.2, 0) is 0 Å². The van der Waals surface area contributed by atoms with Gasteiger partial charge in [0, 0.05) is 5.56 Å². The second-order valence-corrected chi connectivity index (χ2v) is 2.12. The topological polar surface area (TPSA) is 26.0 Å². The van der Waals surface area contributed by atoms with Crippen molar-refractivity contribution in [3.05, 3.63) is 35.9 Å². The molecule has 0 bridgehead atoms. The van der Waals surface area contributed by atoms with Gasteiger partial charge in [0.05, 0.1) is 6.54 Å². The van der Waals surface area contributed by atoms with Crippen LogP contribution in [0.15, 0.2) is 30.3 Å². The summed E-state index contributed by atoms with van der Waals surface area (Å²) >= 11 is 0. The number of hydrogen-bond acceptors (Lipinski definition) is 1. The first-order chi connectivity index (χ1) is 5.93. The molecule has 2 N–H and O–H groups in total. The van der Waals surface area contributed by atoms with Crippen LogP contribution in [0.5, 0.6) is 0 Å². The van der Waals surface area contributed by atoms with Crippen LogP contribution in [0, 0.1) is 23.7 Å². The molecule has 0 saturated heterocycles. The molecule has 0 fully saturated rings. The maximum Gasteiger partial charge on any atom is 0.0561 e. The number of rotatable bonds is 0. The maximum absolute atomic E-state index is 5.17. The molecule has 0 spiro atoms. The van der Waals surface area contributed by atoms with E-state index in [1.807, 2.05) is 30.3 Å². The fourth-order valence-corrected chi connectivity index (χ4v) is 0.720. The molecule has 1 heteroatoms. The van der Waals surface area contributed by atoms with Crippen molar-refractivity contribution in [1.82, 2.24) is 0 Å². The summed E-state index contributed by atoms with van der Waals surface area (Å²) in [4.78, 5) is 0. The zero-order valence-corrected chi connectivity index (χ0v) is 6.67. The SMILES string of the molecule is NCC#CC#Cc1ccccc1. The average molecular weight is 155 g/mol. The van der Waals surface area contributed by atoms with E-state index in [9.17, 15) is 0 Å². The molecule has 0 aliphatic heterocycles. The van der Waals surface area contributed by atoms with Crippen molar-refractivity contribution in [1.29, 1.82) is 0 Å². The quantitative estimate of drug-likeness (QED) is 0.556. The van der Waals surface area contributed by atoms with Crippen molar-refractivity contribution in [3.63, 3.8) is 0 Å². The zero-order valence-electron chi connectivity index (χ0n) is 6.67. The van der Waals surface area contributed by atoms with Gasteiger partial charge in [0.25, 0.3) is 0 Å². The fraction of sp³-hybridized carbons (Fsp3) is 0.0909. The van der Waals surface area contributed by atoms with E-state index in [0.717, 1.165) is 5.56 Å². The normalized spacial score (nSPS) is 7.42. The Morgan fingerprint density at radius 2 is 1.83 bits per heavy atom. The van der Waals surface area contributed by atoms with Crippen molar-refractivity contribution in [2.24, 2.45) is 5.73 Å². The molecule has 0 unspecified atom stereocenters. The van der Waals surface area contributed by atoms with Crippen LogP contribution in [0.25, 0.3) is 0 Å². The first-order valence-corrected chi connectivity index (χ1v) is 3.67. The minimum atomic E-state index is 0.365. The van der Waals surface area contributed by atoms with Gasteiger partial charge in [-0.05, 0) is 24.0 Å². The minimum Gasteiger partial charge on any atom is -0.320 e. The molecule has 58 valence electrons. The lowest BCUT2D eigenvalue weighted by Crippen LogP contribution is -1.92. The molecule has 1 aromatic rings. The van der Waals surface area contributed by atoms with Crippen LogP contribution in [-0.4, -0.2) is 6.54 Å². The van der Waals surface area contributed by atoms with Crippen LogP contribution in [0.1, 0.15) is 5.56 Å². The van der Waals surface area contributed by atoms with E-state index in [4.69, 9.17) is 5.73 Å². The second kappa shape index (κ2) is 5.02.